The van der Waals surface area contributed by atoms with Crippen LogP contribution in [-0.4, -0.2) is 10.8 Å². The van der Waals surface area contributed by atoms with E-state index < -0.39 is 46.4 Å². The number of alkyl halides is 6. The van der Waals surface area contributed by atoms with Gasteiger partial charge < -0.3 is 5.32 Å². The smallest absolute Gasteiger partial charge is 0.348 e. The van der Waals surface area contributed by atoms with Crippen LogP contribution in [0.4, 0.5) is 32.0 Å². The van der Waals surface area contributed by atoms with E-state index in [2.05, 4.69) is 5.32 Å². The Balaban J connectivity index is 2.21. The lowest BCUT2D eigenvalue weighted by molar-refractivity contribution is -0.384. The molecule has 0 bridgehead atoms. The maximum atomic E-state index is 12.8. The van der Waals surface area contributed by atoms with Crippen LogP contribution in [0.3, 0.4) is 0 Å². The Labute approximate surface area is 147 Å². The number of nitro benzene ring substituents is 1. The fourth-order valence-corrected chi connectivity index (χ4v) is 2.14. The summed E-state index contributed by atoms with van der Waals surface area (Å²) in [7, 11) is 0. The Morgan fingerprint density at radius 3 is 1.81 bits per heavy atom. The minimum atomic E-state index is -4.99. The number of carbonyl (C=O) groups is 1. The lowest BCUT2D eigenvalue weighted by atomic mass is 10.0. The molecule has 1 N–H and O–H groups in total. The molecule has 0 radical (unpaired) electrons. The van der Waals surface area contributed by atoms with Gasteiger partial charge >= 0.3 is 12.4 Å². The van der Waals surface area contributed by atoms with E-state index in [0.717, 1.165) is 24.3 Å². The average molecular weight is 392 g/mol. The minimum absolute atomic E-state index is 0.0123. The Bertz CT molecular complexity index is 828. The summed E-state index contributed by atoms with van der Waals surface area (Å²) < 4.78 is 76.8. The van der Waals surface area contributed by atoms with E-state index in [1.807, 2.05) is 0 Å². The van der Waals surface area contributed by atoms with Crippen molar-refractivity contribution in [2.75, 3.05) is 0 Å². The Morgan fingerprint density at radius 2 is 1.41 bits per heavy atom. The molecule has 0 heterocycles. The number of hydrogen-bond acceptors (Lipinski definition) is 3. The van der Waals surface area contributed by atoms with E-state index in [1.54, 1.807) is 0 Å². The van der Waals surface area contributed by atoms with Gasteiger partial charge in [0.2, 0.25) is 0 Å². The van der Waals surface area contributed by atoms with Crippen molar-refractivity contribution in [2.45, 2.75) is 18.9 Å². The quantitative estimate of drug-likeness (QED) is 0.471. The molecule has 0 saturated carbocycles. The highest BCUT2D eigenvalue weighted by Crippen LogP contribution is 2.36. The zero-order valence-corrected chi connectivity index (χ0v) is 13.2. The molecule has 0 spiro atoms. The number of carbonyl (C=O) groups excluding carboxylic acids is 1. The third kappa shape index (κ3) is 5.19. The van der Waals surface area contributed by atoms with E-state index in [4.69, 9.17) is 0 Å². The van der Waals surface area contributed by atoms with E-state index in [0.29, 0.717) is 12.1 Å². The van der Waals surface area contributed by atoms with Crippen LogP contribution >= 0.6 is 0 Å². The van der Waals surface area contributed by atoms with Gasteiger partial charge in [0.25, 0.3) is 11.6 Å². The molecule has 0 saturated heterocycles. The third-order valence-electron chi connectivity index (χ3n) is 3.44. The standard InChI is InChI=1S/C16H10F6N2O3/c17-15(18,19)11-5-9(6-12(7-11)16(20,21)22)8-23-14(25)10-1-3-13(4-2-10)24(26)27/h1-7H,8H2,(H,23,25). The second-order valence-corrected chi connectivity index (χ2v) is 5.40. The van der Waals surface area contributed by atoms with E-state index in [9.17, 15) is 41.3 Å². The first-order chi connectivity index (χ1) is 12.4. The predicted molar refractivity (Wildman–Crippen MR) is 80.7 cm³/mol. The van der Waals surface area contributed by atoms with E-state index in [1.165, 1.54) is 0 Å². The van der Waals surface area contributed by atoms with Gasteiger partial charge in [-0.2, -0.15) is 26.3 Å². The molecule has 0 aliphatic carbocycles. The molecular weight excluding hydrogens is 382 g/mol. The number of halogens is 6. The summed E-state index contributed by atoms with van der Waals surface area (Å²) in [4.78, 5) is 21.8. The van der Waals surface area contributed by atoms with Crippen LogP contribution in [0.15, 0.2) is 42.5 Å². The van der Waals surface area contributed by atoms with Gasteiger partial charge in [0.1, 0.15) is 0 Å². The SMILES string of the molecule is O=C(NCc1cc(C(F)(F)F)cc(C(F)(F)F)c1)c1ccc([N+](=O)[O-])cc1. The lowest BCUT2D eigenvalue weighted by Crippen LogP contribution is -2.23. The zero-order chi connectivity index (χ0) is 20.4. The van der Waals surface area contributed by atoms with Crippen molar-refractivity contribution < 1.29 is 36.1 Å². The summed E-state index contributed by atoms with van der Waals surface area (Å²) in [6.45, 7) is -0.594. The highest BCUT2D eigenvalue weighted by atomic mass is 19.4. The van der Waals surface area contributed by atoms with Crippen LogP contribution in [0.1, 0.15) is 27.0 Å². The molecule has 144 valence electrons. The van der Waals surface area contributed by atoms with E-state index in [-0.39, 0.29) is 17.3 Å². The number of rotatable bonds is 4. The van der Waals surface area contributed by atoms with Crippen LogP contribution in [-0.2, 0) is 18.9 Å². The van der Waals surface area contributed by atoms with Gasteiger partial charge in [0, 0.05) is 24.2 Å². The van der Waals surface area contributed by atoms with Crippen molar-refractivity contribution in [1.82, 2.24) is 5.32 Å². The van der Waals surface area contributed by atoms with Gasteiger partial charge in [0.05, 0.1) is 16.1 Å². The van der Waals surface area contributed by atoms with Crippen LogP contribution in [0.5, 0.6) is 0 Å². The van der Waals surface area contributed by atoms with Crippen molar-refractivity contribution in [3.8, 4) is 0 Å². The summed E-state index contributed by atoms with van der Waals surface area (Å²) in [6.07, 6.45) is -9.98. The number of nitro groups is 1. The minimum Gasteiger partial charge on any atom is -0.348 e. The van der Waals surface area contributed by atoms with Crippen LogP contribution in [0, 0.1) is 10.1 Å². The average Bonchev–Trinajstić information content (AvgIpc) is 2.58. The molecule has 11 heteroatoms. The van der Waals surface area contributed by atoms with Gasteiger partial charge in [-0.1, -0.05) is 0 Å². The number of non-ortho nitro benzene ring substituents is 1. The molecule has 0 aliphatic rings. The normalized spacial score (nSPS) is 11.9. The molecular formula is C16H10F6N2O3. The third-order valence-corrected chi connectivity index (χ3v) is 3.44. The number of amides is 1. The number of nitrogens with zero attached hydrogens (tertiary/aromatic N) is 1. The van der Waals surface area contributed by atoms with Crippen molar-refractivity contribution in [3.05, 3.63) is 74.8 Å². The largest absolute Gasteiger partial charge is 0.416 e. The summed E-state index contributed by atoms with van der Waals surface area (Å²) in [5.74, 6) is -0.809. The summed E-state index contributed by atoms with van der Waals surface area (Å²) in [5, 5.41) is 12.7. The molecule has 0 fully saturated rings. The fourth-order valence-electron chi connectivity index (χ4n) is 2.14. The van der Waals surface area contributed by atoms with Crippen molar-refractivity contribution in [2.24, 2.45) is 0 Å². The molecule has 2 aromatic carbocycles. The molecule has 0 aromatic heterocycles. The number of hydrogen-bond donors (Lipinski definition) is 1. The van der Waals surface area contributed by atoms with Crippen LogP contribution in [0.25, 0.3) is 0 Å². The first kappa shape index (κ1) is 20.2. The van der Waals surface area contributed by atoms with Gasteiger partial charge in [-0.3, -0.25) is 14.9 Å². The first-order valence-corrected chi connectivity index (χ1v) is 7.19. The monoisotopic (exact) mass is 392 g/mol. The summed E-state index contributed by atoms with van der Waals surface area (Å²) in [5.41, 5.74) is -3.69. The van der Waals surface area contributed by atoms with Crippen molar-refractivity contribution >= 4 is 11.6 Å². The van der Waals surface area contributed by atoms with Gasteiger partial charge in [-0.25, -0.2) is 0 Å². The Hall–Kier alpha value is -3.11. The van der Waals surface area contributed by atoms with Crippen molar-refractivity contribution in [3.63, 3.8) is 0 Å². The van der Waals surface area contributed by atoms with E-state index >= 15 is 0 Å². The molecule has 2 rings (SSSR count). The summed E-state index contributed by atoms with van der Waals surface area (Å²) >= 11 is 0. The summed E-state index contributed by atoms with van der Waals surface area (Å²) in [6, 6.07) is 5.31. The second kappa shape index (κ2) is 7.25. The number of benzene rings is 2. The topological polar surface area (TPSA) is 72.2 Å². The van der Waals surface area contributed by atoms with Crippen LogP contribution in [0.2, 0.25) is 0 Å². The lowest BCUT2D eigenvalue weighted by Gasteiger charge is -2.14. The molecule has 1 amide bonds. The highest BCUT2D eigenvalue weighted by molar-refractivity contribution is 5.94. The number of nitrogens with one attached hydrogen (secondary N) is 1. The molecule has 0 unspecified atom stereocenters. The maximum Gasteiger partial charge on any atom is 0.416 e. The molecule has 0 aliphatic heterocycles. The fraction of sp³-hybridized carbons (Fsp3) is 0.188. The van der Waals surface area contributed by atoms with Crippen LogP contribution < -0.4 is 5.32 Å². The van der Waals surface area contributed by atoms with Gasteiger partial charge in [-0.15, -0.1) is 0 Å². The molecule has 5 nitrogen and oxygen atoms in total. The van der Waals surface area contributed by atoms with Gasteiger partial charge in [0.15, 0.2) is 0 Å². The molecule has 2 aromatic rings. The zero-order valence-electron chi connectivity index (χ0n) is 13.2. The first-order valence-electron chi connectivity index (χ1n) is 7.19. The second-order valence-electron chi connectivity index (χ2n) is 5.40. The molecule has 27 heavy (non-hydrogen) atoms. The van der Waals surface area contributed by atoms with Crippen molar-refractivity contribution in [1.29, 1.82) is 0 Å². The van der Waals surface area contributed by atoms with Gasteiger partial charge in [-0.05, 0) is 35.9 Å². The maximum absolute atomic E-state index is 12.8. The molecule has 0 atom stereocenters. The Kier molecular flexibility index (Phi) is 5.43. The Morgan fingerprint density at radius 1 is 0.926 bits per heavy atom. The highest BCUT2D eigenvalue weighted by Gasteiger charge is 2.36. The predicted octanol–water partition coefficient (Wildman–Crippen LogP) is 4.56.